The number of benzene rings is 2. The minimum Gasteiger partial charge on any atom is -0.486 e. The fraction of sp³-hybridized carbons (Fsp3) is 0.238. The van der Waals surface area contributed by atoms with Crippen molar-refractivity contribution in [1.82, 2.24) is 9.29 Å². The molecule has 1 aliphatic rings. The van der Waals surface area contributed by atoms with Gasteiger partial charge in [-0.25, -0.2) is 13.4 Å². The fourth-order valence-corrected chi connectivity index (χ4v) is 6.02. The first-order chi connectivity index (χ1) is 14.9. The zero-order chi connectivity index (χ0) is 22.0. The van der Waals surface area contributed by atoms with Gasteiger partial charge in [0.15, 0.2) is 0 Å². The molecule has 2 aromatic carbocycles. The zero-order valence-corrected chi connectivity index (χ0v) is 18.8. The molecule has 0 aliphatic carbocycles. The first-order valence-corrected chi connectivity index (χ1v) is 12.3. The molecule has 0 atom stereocenters. The summed E-state index contributed by atoms with van der Waals surface area (Å²) in [7, 11) is -3.66. The number of amides is 1. The molecule has 162 valence electrons. The highest BCUT2D eigenvalue weighted by atomic mass is 35.5. The highest BCUT2D eigenvalue weighted by Gasteiger charge is 2.28. The van der Waals surface area contributed by atoms with E-state index in [1.165, 1.54) is 33.8 Å². The predicted molar refractivity (Wildman–Crippen MR) is 120 cm³/mol. The number of sulfonamides is 1. The molecule has 2 heterocycles. The van der Waals surface area contributed by atoms with Crippen molar-refractivity contribution >= 4 is 38.9 Å². The Bertz CT molecular complexity index is 1220. The molecule has 0 spiro atoms. The molecule has 1 fully saturated rings. The van der Waals surface area contributed by atoms with Crippen molar-refractivity contribution in [2.24, 2.45) is 5.73 Å². The molecule has 1 amide bonds. The molecule has 7 nitrogen and oxygen atoms in total. The fourth-order valence-electron chi connectivity index (χ4n) is 3.35. The van der Waals surface area contributed by atoms with E-state index in [4.69, 9.17) is 22.1 Å². The lowest BCUT2D eigenvalue weighted by Crippen LogP contribution is -2.28. The number of thiazole rings is 1. The third-order valence-corrected chi connectivity index (χ3v) is 8.10. The lowest BCUT2D eigenvalue weighted by molar-refractivity contribution is 0.0995. The topological polar surface area (TPSA) is 103 Å². The van der Waals surface area contributed by atoms with Crippen LogP contribution >= 0.6 is 22.9 Å². The van der Waals surface area contributed by atoms with Crippen molar-refractivity contribution < 1.29 is 17.9 Å². The van der Waals surface area contributed by atoms with Crippen LogP contribution in [0.3, 0.4) is 0 Å². The highest BCUT2D eigenvalue weighted by Crippen LogP contribution is 2.31. The number of carbonyl (C=O) groups excluding carboxylic acids is 1. The van der Waals surface area contributed by atoms with Crippen LogP contribution in [0.4, 0.5) is 0 Å². The second-order valence-corrected chi connectivity index (χ2v) is 10.2. The minimum absolute atomic E-state index is 0.0156. The van der Waals surface area contributed by atoms with Crippen LogP contribution in [-0.4, -0.2) is 36.7 Å². The van der Waals surface area contributed by atoms with Crippen LogP contribution < -0.4 is 10.5 Å². The first kappa shape index (κ1) is 21.8. The monoisotopic (exact) mass is 477 g/mol. The van der Waals surface area contributed by atoms with E-state index >= 15 is 0 Å². The molecule has 1 aromatic heterocycles. The lowest BCUT2D eigenvalue weighted by atomic mass is 10.2. The van der Waals surface area contributed by atoms with Gasteiger partial charge in [0, 0.05) is 24.0 Å². The van der Waals surface area contributed by atoms with E-state index in [0.717, 1.165) is 23.4 Å². The molecule has 1 saturated heterocycles. The Hall–Kier alpha value is -2.46. The van der Waals surface area contributed by atoms with Crippen LogP contribution in [0.1, 0.15) is 28.9 Å². The van der Waals surface area contributed by atoms with Crippen LogP contribution in [0.15, 0.2) is 52.7 Å². The largest absolute Gasteiger partial charge is 0.486 e. The number of primary amides is 1. The van der Waals surface area contributed by atoms with Crippen molar-refractivity contribution in [1.29, 1.82) is 0 Å². The van der Waals surface area contributed by atoms with Crippen LogP contribution in [0, 0.1) is 0 Å². The van der Waals surface area contributed by atoms with E-state index in [9.17, 15) is 13.2 Å². The van der Waals surface area contributed by atoms with Gasteiger partial charge in [-0.1, -0.05) is 29.8 Å². The van der Waals surface area contributed by atoms with E-state index in [0.29, 0.717) is 23.8 Å². The smallest absolute Gasteiger partial charge is 0.252 e. The molecule has 3 aromatic rings. The second-order valence-electron chi connectivity index (χ2n) is 7.05. The molecule has 0 unspecified atom stereocenters. The van der Waals surface area contributed by atoms with Crippen molar-refractivity contribution in [3.05, 3.63) is 64.1 Å². The van der Waals surface area contributed by atoms with Gasteiger partial charge in [0.2, 0.25) is 10.0 Å². The summed E-state index contributed by atoms with van der Waals surface area (Å²) in [4.78, 5) is 16.5. The van der Waals surface area contributed by atoms with Crippen LogP contribution in [0.2, 0.25) is 5.02 Å². The third-order valence-electron chi connectivity index (χ3n) is 4.95. The van der Waals surface area contributed by atoms with Gasteiger partial charge < -0.3 is 10.5 Å². The average molecular weight is 478 g/mol. The maximum absolute atomic E-state index is 12.8. The minimum atomic E-state index is -3.66. The summed E-state index contributed by atoms with van der Waals surface area (Å²) < 4.78 is 32.7. The summed E-state index contributed by atoms with van der Waals surface area (Å²) in [6, 6.07) is 11.6. The number of nitrogens with two attached hydrogens (primary N) is 1. The summed E-state index contributed by atoms with van der Waals surface area (Å²) in [6.45, 7) is 1.05. The molecule has 0 saturated carbocycles. The Morgan fingerprint density at radius 1 is 1.19 bits per heavy atom. The summed E-state index contributed by atoms with van der Waals surface area (Å²) in [5.41, 5.74) is 6.99. The third kappa shape index (κ3) is 4.59. The molecular weight excluding hydrogens is 458 g/mol. The average Bonchev–Trinajstić information content (AvgIpc) is 3.45. The number of rotatable bonds is 7. The van der Waals surface area contributed by atoms with Gasteiger partial charge in [-0.3, -0.25) is 4.79 Å². The Labute approximate surface area is 189 Å². The van der Waals surface area contributed by atoms with Gasteiger partial charge >= 0.3 is 0 Å². The number of aromatic nitrogens is 1. The van der Waals surface area contributed by atoms with Crippen molar-refractivity contribution in [2.75, 3.05) is 13.1 Å². The molecule has 0 bridgehead atoms. The molecule has 0 radical (unpaired) electrons. The van der Waals surface area contributed by atoms with Crippen LogP contribution in [0.25, 0.3) is 10.6 Å². The summed E-state index contributed by atoms with van der Waals surface area (Å²) in [5, 5.41) is 3.20. The van der Waals surface area contributed by atoms with Crippen molar-refractivity contribution in [3.63, 3.8) is 0 Å². The maximum atomic E-state index is 12.8. The first-order valence-electron chi connectivity index (χ1n) is 9.62. The predicted octanol–water partition coefficient (Wildman–Crippen LogP) is 3.93. The summed E-state index contributed by atoms with van der Waals surface area (Å²) in [5.74, 6) is -0.552. The Morgan fingerprint density at radius 3 is 2.65 bits per heavy atom. The number of hydrogen-bond acceptors (Lipinski definition) is 6. The van der Waals surface area contributed by atoms with Gasteiger partial charge in [-0.2, -0.15) is 4.31 Å². The van der Waals surface area contributed by atoms with Gasteiger partial charge in [-0.05, 0) is 37.1 Å². The molecule has 4 rings (SSSR count). The summed E-state index contributed by atoms with van der Waals surface area (Å²) in [6.07, 6.45) is 1.65. The normalized spacial score (nSPS) is 14.6. The summed E-state index contributed by atoms with van der Waals surface area (Å²) >= 11 is 7.66. The van der Waals surface area contributed by atoms with Gasteiger partial charge in [0.1, 0.15) is 17.4 Å². The van der Waals surface area contributed by atoms with Crippen LogP contribution in [0.5, 0.6) is 5.75 Å². The quantitative estimate of drug-likeness (QED) is 0.555. The van der Waals surface area contributed by atoms with E-state index < -0.39 is 15.9 Å². The van der Waals surface area contributed by atoms with Gasteiger partial charge in [-0.15, -0.1) is 11.3 Å². The van der Waals surface area contributed by atoms with Crippen molar-refractivity contribution in [3.8, 4) is 16.3 Å². The SMILES string of the molecule is NC(=O)c1cc(S(=O)(=O)N2CCCC2)ccc1OCc1csc(-c2ccccc2Cl)n1. The molecule has 31 heavy (non-hydrogen) atoms. The van der Waals surface area contributed by atoms with Crippen molar-refractivity contribution in [2.45, 2.75) is 24.3 Å². The Kier molecular flexibility index (Phi) is 6.29. The molecular formula is C21H20ClN3O4S2. The number of carbonyl (C=O) groups is 1. The number of ether oxygens (including phenoxy) is 1. The zero-order valence-electron chi connectivity index (χ0n) is 16.5. The second kappa shape index (κ2) is 8.96. The van der Waals surface area contributed by atoms with Gasteiger partial charge in [0.25, 0.3) is 5.91 Å². The maximum Gasteiger partial charge on any atom is 0.252 e. The van der Waals surface area contributed by atoms with E-state index in [-0.39, 0.29) is 22.8 Å². The number of hydrogen-bond donors (Lipinski definition) is 1. The standard InChI is InChI=1S/C21H20ClN3O4S2/c22-18-6-2-1-5-16(18)21-24-14(13-30-21)12-29-19-8-7-15(11-17(19)20(23)26)31(27,28)25-9-3-4-10-25/h1-2,5-8,11,13H,3-4,9-10,12H2,(H2,23,26). The van der Waals surface area contributed by atoms with E-state index in [1.54, 1.807) is 6.07 Å². The number of nitrogens with zero attached hydrogens (tertiary/aromatic N) is 2. The van der Waals surface area contributed by atoms with E-state index in [2.05, 4.69) is 4.98 Å². The molecule has 1 aliphatic heterocycles. The Balaban J connectivity index is 1.54. The van der Waals surface area contributed by atoms with Gasteiger partial charge in [0.05, 0.1) is 21.2 Å². The lowest BCUT2D eigenvalue weighted by Gasteiger charge is -2.17. The van der Waals surface area contributed by atoms with Crippen LogP contribution in [-0.2, 0) is 16.6 Å². The molecule has 2 N–H and O–H groups in total. The number of halogens is 1. The Morgan fingerprint density at radius 2 is 1.94 bits per heavy atom. The van der Waals surface area contributed by atoms with E-state index in [1.807, 2.05) is 23.6 Å². The highest BCUT2D eigenvalue weighted by molar-refractivity contribution is 7.89. The molecule has 10 heteroatoms.